The van der Waals surface area contributed by atoms with E-state index in [2.05, 4.69) is 10.2 Å². The van der Waals surface area contributed by atoms with Crippen LogP contribution >= 0.6 is 0 Å². The highest BCUT2D eigenvalue weighted by Gasteiger charge is 2.38. The van der Waals surface area contributed by atoms with Crippen molar-refractivity contribution in [1.29, 1.82) is 0 Å². The number of carbonyl (C=O) groups excluding carboxylic acids is 3. The van der Waals surface area contributed by atoms with Crippen LogP contribution in [0.15, 0.2) is 24.3 Å². The molecule has 3 aliphatic rings. The largest absolute Gasteiger partial charge is 0.379 e. The maximum absolute atomic E-state index is 12.7. The number of likely N-dealkylation sites (tertiary alicyclic amines) is 1. The van der Waals surface area contributed by atoms with Gasteiger partial charge in [-0.3, -0.25) is 24.2 Å². The number of ether oxygens (including phenoxy) is 1. The highest BCUT2D eigenvalue weighted by atomic mass is 16.5. The summed E-state index contributed by atoms with van der Waals surface area (Å²) in [4.78, 5) is 42.3. The van der Waals surface area contributed by atoms with Gasteiger partial charge in [0.2, 0.25) is 17.7 Å². The summed E-state index contributed by atoms with van der Waals surface area (Å²) in [5, 5.41) is 3.24. The molecule has 3 fully saturated rings. The summed E-state index contributed by atoms with van der Waals surface area (Å²) in [6.45, 7) is 5.86. The van der Waals surface area contributed by atoms with E-state index >= 15 is 0 Å². The van der Waals surface area contributed by atoms with Crippen LogP contribution in [0.1, 0.15) is 24.8 Å². The molecule has 156 valence electrons. The van der Waals surface area contributed by atoms with Crippen molar-refractivity contribution in [3.63, 3.8) is 0 Å². The number of imide groups is 1. The zero-order valence-electron chi connectivity index (χ0n) is 16.6. The summed E-state index contributed by atoms with van der Waals surface area (Å²) >= 11 is 0. The summed E-state index contributed by atoms with van der Waals surface area (Å²) in [6, 6.07) is 7.12. The third-order valence-electron chi connectivity index (χ3n) is 5.83. The smallest absolute Gasteiger partial charge is 0.247 e. The predicted octanol–water partition coefficient (Wildman–Crippen LogP) is 0.363. The molecule has 8 nitrogen and oxygen atoms in total. The first-order valence-corrected chi connectivity index (χ1v) is 10.4. The maximum Gasteiger partial charge on any atom is 0.247 e. The van der Waals surface area contributed by atoms with Gasteiger partial charge in [-0.2, -0.15) is 0 Å². The van der Waals surface area contributed by atoms with Crippen LogP contribution in [0.5, 0.6) is 0 Å². The van der Waals surface area contributed by atoms with Crippen LogP contribution < -0.4 is 10.2 Å². The van der Waals surface area contributed by atoms with E-state index in [0.29, 0.717) is 13.0 Å². The van der Waals surface area contributed by atoms with Crippen LogP contribution in [-0.2, 0) is 25.7 Å². The molecule has 3 heterocycles. The lowest BCUT2D eigenvalue weighted by molar-refractivity contribution is -0.139. The van der Waals surface area contributed by atoms with E-state index in [9.17, 15) is 14.4 Å². The van der Waals surface area contributed by atoms with Gasteiger partial charge >= 0.3 is 0 Å². The lowest BCUT2D eigenvalue weighted by atomic mass is 10.2. The van der Waals surface area contributed by atoms with E-state index in [4.69, 9.17) is 4.74 Å². The number of anilines is 1. The van der Waals surface area contributed by atoms with Gasteiger partial charge < -0.3 is 15.0 Å². The Morgan fingerprint density at radius 1 is 1.00 bits per heavy atom. The molecule has 1 aromatic carbocycles. The van der Waals surface area contributed by atoms with Crippen LogP contribution in [0.25, 0.3) is 0 Å². The van der Waals surface area contributed by atoms with E-state index in [1.54, 1.807) is 4.90 Å². The Labute approximate surface area is 170 Å². The van der Waals surface area contributed by atoms with Crippen LogP contribution in [0, 0.1) is 0 Å². The first-order valence-electron chi connectivity index (χ1n) is 10.4. The van der Waals surface area contributed by atoms with Crippen molar-refractivity contribution in [3.05, 3.63) is 29.8 Å². The van der Waals surface area contributed by atoms with Crippen LogP contribution in [0.4, 0.5) is 5.69 Å². The number of amides is 3. The van der Waals surface area contributed by atoms with Crippen LogP contribution in [-0.4, -0.2) is 79.5 Å². The molecular formula is C21H28N4O4. The third-order valence-corrected chi connectivity index (χ3v) is 5.83. The lowest BCUT2D eigenvalue weighted by Crippen LogP contribution is -2.44. The van der Waals surface area contributed by atoms with Crippen molar-refractivity contribution in [2.75, 3.05) is 50.8 Å². The van der Waals surface area contributed by atoms with Gasteiger partial charge in [0, 0.05) is 44.8 Å². The average Bonchev–Trinajstić information content (AvgIpc) is 3.28. The maximum atomic E-state index is 12.7. The minimum absolute atomic E-state index is 0.141. The Morgan fingerprint density at radius 3 is 2.45 bits per heavy atom. The molecular weight excluding hydrogens is 372 g/mol. The molecule has 0 saturated carbocycles. The molecule has 3 aliphatic heterocycles. The normalized spacial score (nSPS) is 23.4. The Bertz CT molecular complexity index is 760. The standard InChI is InChI=1S/C21H28N4O4/c26-19-2-1-8-24(19)17-5-3-16(4-6-17)15-25-20(27)14-18(21(25)28)22-7-9-23-10-12-29-13-11-23/h3-6,18,22H,1-2,7-15H2/t18-/m1/s1. The number of benzene rings is 1. The van der Waals surface area contributed by atoms with E-state index < -0.39 is 6.04 Å². The summed E-state index contributed by atoms with van der Waals surface area (Å²) in [5.41, 5.74) is 1.76. The number of rotatable bonds is 7. The van der Waals surface area contributed by atoms with Gasteiger partial charge in [-0.05, 0) is 24.1 Å². The minimum atomic E-state index is -0.440. The Morgan fingerprint density at radius 2 is 1.76 bits per heavy atom. The molecule has 0 radical (unpaired) electrons. The fourth-order valence-electron chi connectivity index (χ4n) is 4.12. The fourth-order valence-corrected chi connectivity index (χ4v) is 4.12. The van der Waals surface area contributed by atoms with Gasteiger partial charge in [0.25, 0.3) is 0 Å². The second-order valence-corrected chi connectivity index (χ2v) is 7.80. The van der Waals surface area contributed by atoms with E-state index in [1.807, 2.05) is 24.3 Å². The lowest BCUT2D eigenvalue weighted by Gasteiger charge is -2.27. The van der Waals surface area contributed by atoms with Gasteiger partial charge in [-0.1, -0.05) is 12.1 Å². The molecule has 3 amide bonds. The topological polar surface area (TPSA) is 82.2 Å². The molecule has 29 heavy (non-hydrogen) atoms. The first kappa shape index (κ1) is 20.0. The molecule has 0 unspecified atom stereocenters. The predicted molar refractivity (Wildman–Crippen MR) is 107 cm³/mol. The van der Waals surface area contributed by atoms with E-state index in [0.717, 1.165) is 57.1 Å². The summed E-state index contributed by atoms with van der Waals surface area (Å²) in [5.74, 6) is -0.151. The Hall–Kier alpha value is -2.29. The van der Waals surface area contributed by atoms with Gasteiger partial charge in [0.1, 0.15) is 0 Å². The van der Waals surface area contributed by atoms with Crippen LogP contribution in [0.2, 0.25) is 0 Å². The number of nitrogens with one attached hydrogen (secondary N) is 1. The zero-order valence-corrected chi connectivity index (χ0v) is 16.6. The Kier molecular flexibility index (Phi) is 6.22. The number of hydrogen-bond acceptors (Lipinski definition) is 6. The van der Waals surface area contributed by atoms with Crippen molar-refractivity contribution < 1.29 is 19.1 Å². The highest BCUT2D eigenvalue weighted by Crippen LogP contribution is 2.23. The molecule has 0 aromatic heterocycles. The van der Waals surface area contributed by atoms with Gasteiger partial charge in [0.05, 0.1) is 32.2 Å². The summed E-state index contributed by atoms with van der Waals surface area (Å²) in [7, 11) is 0. The quantitative estimate of drug-likeness (QED) is 0.666. The molecule has 0 spiro atoms. The molecule has 4 rings (SSSR count). The van der Waals surface area contributed by atoms with E-state index in [-0.39, 0.29) is 30.7 Å². The second-order valence-electron chi connectivity index (χ2n) is 7.80. The number of hydrogen-bond donors (Lipinski definition) is 1. The highest BCUT2D eigenvalue weighted by molar-refractivity contribution is 6.05. The van der Waals surface area contributed by atoms with E-state index in [1.165, 1.54) is 4.90 Å². The van der Waals surface area contributed by atoms with Crippen molar-refractivity contribution in [2.24, 2.45) is 0 Å². The van der Waals surface area contributed by atoms with Crippen molar-refractivity contribution in [3.8, 4) is 0 Å². The average molecular weight is 400 g/mol. The summed E-state index contributed by atoms with van der Waals surface area (Å²) < 4.78 is 5.34. The first-order chi connectivity index (χ1) is 14.1. The molecule has 1 aromatic rings. The van der Waals surface area contributed by atoms with Crippen LogP contribution in [0.3, 0.4) is 0 Å². The van der Waals surface area contributed by atoms with Gasteiger partial charge in [0.15, 0.2) is 0 Å². The molecule has 3 saturated heterocycles. The van der Waals surface area contributed by atoms with Gasteiger partial charge in [-0.15, -0.1) is 0 Å². The van der Waals surface area contributed by atoms with Crippen molar-refractivity contribution in [1.82, 2.24) is 15.1 Å². The molecule has 1 atom stereocenters. The Balaban J connectivity index is 1.29. The number of nitrogens with zero attached hydrogens (tertiary/aromatic N) is 3. The number of morpholine rings is 1. The minimum Gasteiger partial charge on any atom is -0.379 e. The summed E-state index contributed by atoms with van der Waals surface area (Å²) in [6.07, 6.45) is 1.69. The number of carbonyl (C=O) groups is 3. The molecule has 8 heteroatoms. The third kappa shape index (κ3) is 4.66. The van der Waals surface area contributed by atoms with Crippen molar-refractivity contribution in [2.45, 2.75) is 31.8 Å². The SMILES string of the molecule is O=C1C[C@@H](NCCN2CCOCC2)C(=O)N1Cc1ccc(N2CCCC2=O)cc1. The zero-order chi connectivity index (χ0) is 20.2. The molecule has 0 bridgehead atoms. The molecule has 0 aliphatic carbocycles. The monoisotopic (exact) mass is 400 g/mol. The molecule has 1 N–H and O–H groups in total. The second kappa shape index (κ2) is 9.02. The van der Waals surface area contributed by atoms with Crippen molar-refractivity contribution >= 4 is 23.4 Å². The van der Waals surface area contributed by atoms with Gasteiger partial charge in [-0.25, -0.2) is 0 Å². The fraction of sp³-hybridized carbons (Fsp3) is 0.571.